The first-order valence-electron chi connectivity index (χ1n) is 7.94. The maximum atomic E-state index is 11.5. The highest BCUT2D eigenvalue weighted by atomic mass is 16.2. The molecule has 2 rings (SSSR count). The third-order valence-corrected chi connectivity index (χ3v) is 4.62. The molecule has 0 saturated carbocycles. The van der Waals surface area contributed by atoms with Gasteiger partial charge in [-0.1, -0.05) is 13.8 Å². The number of carbonyl (C=O) groups is 1. The molecule has 2 heterocycles. The Hall–Kier alpha value is -0.610. The standard InChI is InChI=1S/C15H29N3O/c1-3-17-11-7-14(13(2)12-17)16-8-5-10-18-9-4-6-15(18)19/h13-14,16H,3-12H2,1-2H3/t13-,14-/m1/s1. The van der Waals surface area contributed by atoms with Gasteiger partial charge in [-0.15, -0.1) is 0 Å². The molecule has 2 atom stereocenters. The number of amides is 1. The predicted molar refractivity (Wildman–Crippen MR) is 78.1 cm³/mol. The van der Waals surface area contributed by atoms with E-state index in [0.717, 1.165) is 44.8 Å². The smallest absolute Gasteiger partial charge is 0.222 e. The van der Waals surface area contributed by atoms with Crippen LogP contribution in [0, 0.1) is 5.92 Å². The quantitative estimate of drug-likeness (QED) is 0.737. The minimum absolute atomic E-state index is 0.352. The summed E-state index contributed by atoms with van der Waals surface area (Å²) in [5, 5.41) is 3.69. The maximum Gasteiger partial charge on any atom is 0.222 e. The number of carbonyl (C=O) groups excluding carboxylic acids is 1. The monoisotopic (exact) mass is 267 g/mol. The lowest BCUT2D eigenvalue weighted by Gasteiger charge is -2.37. The summed E-state index contributed by atoms with van der Waals surface area (Å²) in [6, 6.07) is 0.664. The molecule has 110 valence electrons. The summed E-state index contributed by atoms with van der Waals surface area (Å²) in [4.78, 5) is 16.0. The second-order valence-electron chi connectivity index (χ2n) is 6.06. The van der Waals surface area contributed by atoms with Crippen molar-refractivity contribution >= 4 is 5.91 Å². The van der Waals surface area contributed by atoms with Crippen LogP contribution in [0.3, 0.4) is 0 Å². The molecule has 4 nitrogen and oxygen atoms in total. The van der Waals surface area contributed by atoms with E-state index in [2.05, 4.69) is 24.1 Å². The third-order valence-electron chi connectivity index (χ3n) is 4.62. The number of nitrogens with one attached hydrogen (secondary N) is 1. The van der Waals surface area contributed by atoms with Gasteiger partial charge in [0.05, 0.1) is 0 Å². The predicted octanol–water partition coefficient (Wildman–Crippen LogP) is 1.32. The molecule has 2 saturated heterocycles. The summed E-state index contributed by atoms with van der Waals surface area (Å²) in [6.07, 6.45) is 4.17. The van der Waals surface area contributed by atoms with E-state index in [4.69, 9.17) is 0 Å². The van der Waals surface area contributed by atoms with Crippen molar-refractivity contribution in [3.05, 3.63) is 0 Å². The zero-order valence-corrected chi connectivity index (χ0v) is 12.5. The van der Waals surface area contributed by atoms with Crippen molar-refractivity contribution in [2.24, 2.45) is 5.92 Å². The summed E-state index contributed by atoms with van der Waals surface area (Å²) in [5.74, 6) is 1.09. The third kappa shape index (κ3) is 4.18. The van der Waals surface area contributed by atoms with Crippen LogP contribution in [0.5, 0.6) is 0 Å². The van der Waals surface area contributed by atoms with Crippen LogP contribution >= 0.6 is 0 Å². The van der Waals surface area contributed by atoms with E-state index < -0.39 is 0 Å². The van der Waals surface area contributed by atoms with Gasteiger partial charge in [-0.2, -0.15) is 0 Å². The Kier molecular flexibility index (Phi) is 5.64. The molecule has 2 aliphatic heterocycles. The van der Waals surface area contributed by atoms with Gasteiger partial charge in [-0.05, 0) is 44.8 Å². The highest BCUT2D eigenvalue weighted by Crippen LogP contribution is 2.16. The van der Waals surface area contributed by atoms with Crippen LogP contribution in [0.25, 0.3) is 0 Å². The average molecular weight is 267 g/mol. The molecule has 0 spiro atoms. The minimum atomic E-state index is 0.352. The van der Waals surface area contributed by atoms with Gasteiger partial charge in [0.2, 0.25) is 5.91 Å². The first-order chi connectivity index (χ1) is 9.20. The van der Waals surface area contributed by atoms with E-state index in [-0.39, 0.29) is 0 Å². The van der Waals surface area contributed by atoms with Crippen molar-refractivity contribution < 1.29 is 4.79 Å². The van der Waals surface area contributed by atoms with Gasteiger partial charge in [0, 0.05) is 32.1 Å². The lowest BCUT2D eigenvalue weighted by atomic mass is 9.94. The number of hydrogen-bond donors (Lipinski definition) is 1. The van der Waals surface area contributed by atoms with Crippen LogP contribution in [0.2, 0.25) is 0 Å². The summed E-state index contributed by atoms with van der Waals surface area (Å²) >= 11 is 0. The number of rotatable bonds is 6. The summed E-state index contributed by atoms with van der Waals surface area (Å²) in [7, 11) is 0. The van der Waals surface area contributed by atoms with Gasteiger partial charge < -0.3 is 15.1 Å². The van der Waals surface area contributed by atoms with Gasteiger partial charge in [0.1, 0.15) is 0 Å². The van der Waals surface area contributed by atoms with Crippen LogP contribution in [-0.4, -0.2) is 61.0 Å². The Morgan fingerprint density at radius 1 is 1.37 bits per heavy atom. The topological polar surface area (TPSA) is 35.6 Å². The molecule has 0 aromatic heterocycles. The number of piperidine rings is 1. The highest BCUT2D eigenvalue weighted by Gasteiger charge is 2.24. The van der Waals surface area contributed by atoms with Crippen molar-refractivity contribution in [1.29, 1.82) is 0 Å². The Morgan fingerprint density at radius 2 is 2.21 bits per heavy atom. The van der Waals surface area contributed by atoms with Crippen LogP contribution in [-0.2, 0) is 4.79 Å². The first kappa shape index (κ1) is 14.8. The van der Waals surface area contributed by atoms with Gasteiger partial charge in [-0.3, -0.25) is 4.79 Å². The molecule has 0 radical (unpaired) electrons. The normalized spacial score (nSPS) is 29.2. The fraction of sp³-hybridized carbons (Fsp3) is 0.933. The number of nitrogens with zero attached hydrogens (tertiary/aromatic N) is 2. The summed E-state index contributed by atoms with van der Waals surface area (Å²) in [6.45, 7) is 11.2. The zero-order chi connectivity index (χ0) is 13.7. The fourth-order valence-corrected chi connectivity index (χ4v) is 3.32. The molecule has 1 amide bonds. The molecular weight excluding hydrogens is 238 g/mol. The Bertz CT molecular complexity index is 295. The lowest BCUT2D eigenvalue weighted by Crippen LogP contribution is -2.48. The molecule has 0 aromatic carbocycles. The second kappa shape index (κ2) is 7.25. The maximum absolute atomic E-state index is 11.5. The van der Waals surface area contributed by atoms with Crippen molar-refractivity contribution in [2.75, 3.05) is 39.3 Å². The zero-order valence-electron chi connectivity index (χ0n) is 12.5. The van der Waals surface area contributed by atoms with E-state index in [1.165, 1.54) is 26.1 Å². The first-order valence-corrected chi connectivity index (χ1v) is 7.94. The molecule has 4 heteroatoms. The minimum Gasteiger partial charge on any atom is -0.343 e. The van der Waals surface area contributed by atoms with Gasteiger partial charge in [-0.25, -0.2) is 0 Å². The average Bonchev–Trinajstić information content (AvgIpc) is 2.81. The van der Waals surface area contributed by atoms with Crippen LogP contribution in [0.15, 0.2) is 0 Å². The molecule has 0 aliphatic carbocycles. The Balaban J connectivity index is 1.59. The van der Waals surface area contributed by atoms with E-state index in [1.54, 1.807) is 0 Å². The molecule has 0 aromatic rings. The van der Waals surface area contributed by atoms with E-state index in [0.29, 0.717) is 11.9 Å². The molecule has 0 bridgehead atoms. The van der Waals surface area contributed by atoms with Crippen LogP contribution in [0.4, 0.5) is 0 Å². The van der Waals surface area contributed by atoms with Crippen molar-refractivity contribution in [2.45, 2.75) is 45.6 Å². The van der Waals surface area contributed by atoms with Gasteiger partial charge in [0.15, 0.2) is 0 Å². The molecular formula is C15H29N3O. The molecule has 1 N–H and O–H groups in total. The molecule has 0 unspecified atom stereocenters. The summed E-state index contributed by atoms with van der Waals surface area (Å²) in [5.41, 5.74) is 0. The molecule has 19 heavy (non-hydrogen) atoms. The van der Waals surface area contributed by atoms with E-state index >= 15 is 0 Å². The number of likely N-dealkylation sites (tertiary alicyclic amines) is 2. The lowest BCUT2D eigenvalue weighted by molar-refractivity contribution is -0.127. The highest BCUT2D eigenvalue weighted by molar-refractivity contribution is 5.77. The number of hydrogen-bond acceptors (Lipinski definition) is 3. The van der Waals surface area contributed by atoms with E-state index in [9.17, 15) is 4.79 Å². The largest absolute Gasteiger partial charge is 0.343 e. The fourth-order valence-electron chi connectivity index (χ4n) is 3.32. The Labute approximate surface area is 117 Å². The van der Waals surface area contributed by atoms with Crippen LogP contribution < -0.4 is 5.32 Å². The van der Waals surface area contributed by atoms with E-state index in [1.807, 2.05) is 4.90 Å². The SMILES string of the molecule is CCN1CC[C@@H](NCCCN2CCCC2=O)[C@H](C)C1. The van der Waals surface area contributed by atoms with Crippen LogP contribution in [0.1, 0.15) is 39.5 Å². The van der Waals surface area contributed by atoms with Gasteiger partial charge >= 0.3 is 0 Å². The molecule has 2 fully saturated rings. The molecule has 2 aliphatic rings. The van der Waals surface area contributed by atoms with Gasteiger partial charge in [0.25, 0.3) is 0 Å². The van der Waals surface area contributed by atoms with Crippen molar-refractivity contribution in [3.63, 3.8) is 0 Å². The van der Waals surface area contributed by atoms with Crippen molar-refractivity contribution in [3.8, 4) is 0 Å². The van der Waals surface area contributed by atoms with Crippen molar-refractivity contribution in [1.82, 2.24) is 15.1 Å². The summed E-state index contributed by atoms with van der Waals surface area (Å²) < 4.78 is 0. The Morgan fingerprint density at radius 3 is 2.84 bits per heavy atom. The second-order valence-corrected chi connectivity index (χ2v) is 6.06.